The summed E-state index contributed by atoms with van der Waals surface area (Å²) in [6.45, 7) is 2.45. The number of anilines is 1. The van der Waals surface area contributed by atoms with Gasteiger partial charge in [0.25, 0.3) is 0 Å². The molecule has 1 aliphatic rings. The van der Waals surface area contributed by atoms with Crippen molar-refractivity contribution in [2.75, 3.05) is 25.0 Å². The van der Waals surface area contributed by atoms with Crippen LogP contribution in [-0.2, 0) is 9.53 Å². The van der Waals surface area contributed by atoms with Gasteiger partial charge < -0.3 is 15.4 Å². The quantitative estimate of drug-likeness (QED) is 0.867. The van der Waals surface area contributed by atoms with Gasteiger partial charge in [-0.05, 0) is 54.0 Å². The molecule has 2 rings (SSSR count). The highest BCUT2D eigenvalue weighted by Gasteiger charge is 2.14. The van der Waals surface area contributed by atoms with Crippen molar-refractivity contribution in [3.8, 4) is 0 Å². The number of hydrogen-bond donors (Lipinski definition) is 2. The molecule has 1 aliphatic heterocycles. The van der Waals surface area contributed by atoms with Crippen LogP contribution in [0.4, 0.5) is 5.82 Å². The Morgan fingerprint density at radius 1 is 1.53 bits per heavy atom. The van der Waals surface area contributed by atoms with E-state index in [0.29, 0.717) is 18.8 Å². The van der Waals surface area contributed by atoms with Crippen molar-refractivity contribution in [2.45, 2.75) is 25.4 Å². The van der Waals surface area contributed by atoms with E-state index in [0.717, 1.165) is 30.4 Å². The predicted molar refractivity (Wildman–Crippen MR) is 77.0 cm³/mol. The van der Waals surface area contributed by atoms with Crippen LogP contribution in [0.2, 0.25) is 0 Å². The SMILES string of the molecule is O=C(CCOC1CCNCC1)Nc1ncccc1Br. The van der Waals surface area contributed by atoms with E-state index >= 15 is 0 Å². The lowest BCUT2D eigenvalue weighted by atomic mass is 10.1. The number of aromatic nitrogens is 1. The number of nitrogens with one attached hydrogen (secondary N) is 2. The zero-order valence-electron chi connectivity index (χ0n) is 10.7. The lowest BCUT2D eigenvalue weighted by molar-refractivity contribution is -0.117. The maximum atomic E-state index is 11.7. The van der Waals surface area contributed by atoms with Gasteiger partial charge in [-0.15, -0.1) is 0 Å². The Labute approximate surface area is 121 Å². The van der Waals surface area contributed by atoms with E-state index in [1.165, 1.54) is 0 Å². The molecule has 0 aliphatic carbocycles. The second-order valence-corrected chi connectivity index (χ2v) is 5.31. The number of carbonyl (C=O) groups excluding carboxylic acids is 1. The monoisotopic (exact) mass is 327 g/mol. The van der Waals surface area contributed by atoms with Crippen molar-refractivity contribution < 1.29 is 9.53 Å². The van der Waals surface area contributed by atoms with Crippen LogP contribution in [0.5, 0.6) is 0 Å². The Hall–Kier alpha value is -0.980. The van der Waals surface area contributed by atoms with Crippen molar-refractivity contribution in [1.29, 1.82) is 0 Å². The molecule has 1 saturated heterocycles. The number of piperidine rings is 1. The maximum Gasteiger partial charge on any atom is 0.227 e. The number of ether oxygens (including phenoxy) is 1. The van der Waals surface area contributed by atoms with Crippen LogP contribution < -0.4 is 10.6 Å². The van der Waals surface area contributed by atoms with Crippen molar-refractivity contribution >= 4 is 27.7 Å². The van der Waals surface area contributed by atoms with Gasteiger partial charge in [-0.3, -0.25) is 4.79 Å². The average Bonchev–Trinajstić information content (AvgIpc) is 2.43. The first-order valence-electron chi connectivity index (χ1n) is 6.48. The first kappa shape index (κ1) is 14.4. The largest absolute Gasteiger partial charge is 0.378 e. The molecule has 0 saturated carbocycles. The summed E-state index contributed by atoms with van der Waals surface area (Å²) in [6, 6.07) is 3.65. The number of amides is 1. The van der Waals surface area contributed by atoms with Crippen molar-refractivity contribution in [3.05, 3.63) is 22.8 Å². The molecule has 1 fully saturated rings. The zero-order valence-corrected chi connectivity index (χ0v) is 12.3. The molecule has 104 valence electrons. The highest BCUT2D eigenvalue weighted by atomic mass is 79.9. The number of carbonyl (C=O) groups is 1. The molecule has 19 heavy (non-hydrogen) atoms. The lowest BCUT2D eigenvalue weighted by Gasteiger charge is -2.22. The predicted octanol–water partition coefficient (Wildman–Crippen LogP) is 1.94. The van der Waals surface area contributed by atoms with Gasteiger partial charge in [0.05, 0.1) is 23.6 Å². The minimum atomic E-state index is -0.0756. The van der Waals surface area contributed by atoms with Gasteiger partial charge in [-0.1, -0.05) is 0 Å². The van der Waals surface area contributed by atoms with Crippen LogP contribution in [0.15, 0.2) is 22.8 Å². The van der Waals surface area contributed by atoms with Crippen molar-refractivity contribution in [2.24, 2.45) is 0 Å². The van der Waals surface area contributed by atoms with Gasteiger partial charge in [0.1, 0.15) is 5.82 Å². The Bertz CT molecular complexity index is 422. The second-order valence-electron chi connectivity index (χ2n) is 4.45. The van der Waals surface area contributed by atoms with Crippen LogP contribution in [0.3, 0.4) is 0 Å². The average molecular weight is 328 g/mol. The van der Waals surface area contributed by atoms with E-state index in [2.05, 4.69) is 31.5 Å². The van der Waals surface area contributed by atoms with Crippen molar-refractivity contribution in [3.63, 3.8) is 0 Å². The summed E-state index contributed by atoms with van der Waals surface area (Å²) < 4.78 is 6.47. The third-order valence-electron chi connectivity index (χ3n) is 2.99. The highest BCUT2D eigenvalue weighted by molar-refractivity contribution is 9.10. The van der Waals surface area contributed by atoms with Gasteiger partial charge in [-0.25, -0.2) is 4.98 Å². The van der Waals surface area contributed by atoms with Gasteiger partial charge in [0, 0.05) is 6.20 Å². The molecule has 5 nitrogen and oxygen atoms in total. The molecule has 0 unspecified atom stereocenters. The molecule has 0 aromatic carbocycles. The number of pyridine rings is 1. The van der Waals surface area contributed by atoms with E-state index in [9.17, 15) is 4.79 Å². The van der Waals surface area contributed by atoms with E-state index in [-0.39, 0.29) is 12.0 Å². The molecular weight excluding hydrogens is 310 g/mol. The first-order chi connectivity index (χ1) is 9.25. The number of hydrogen-bond acceptors (Lipinski definition) is 4. The molecule has 6 heteroatoms. The maximum absolute atomic E-state index is 11.7. The van der Waals surface area contributed by atoms with Gasteiger partial charge in [0.2, 0.25) is 5.91 Å². The van der Waals surface area contributed by atoms with E-state index in [4.69, 9.17) is 4.74 Å². The fourth-order valence-corrected chi connectivity index (χ4v) is 2.31. The van der Waals surface area contributed by atoms with Crippen LogP contribution >= 0.6 is 15.9 Å². The molecule has 1 amide bonds. The summed E-state index contributed by atoms with van der Waals surface area (Å²) in [5.74, 6) is 0.475. The Kier molecular flexibility index (Phi) is 5.75. The smallest absolute Gasteiger partial charge is 0.227 e. The number of rotatable bonds is 5. The Morgan fingerprint density at radius 2 is 2.32 bits per heavy atom. The van der Waals surface area contributed by atoms with Crippen LogP contribution in [0.25, 0.3) is 0 Å². The molecule has 1 aromatic heterocycles. The number of nitrogens with zero attached hydrogens (tertiary/aromatic N) is 1. The molecule has 0 spiro atoms. The van der Waals surface area contributed by atoms with Gasteiger partial charge in [-0.2, -0.15) is 0 Å². The van der Waals surface area contributed by atoms with E-state index in [1.54, 1.807) is 12.3 Å². The fourth-order valence-electron chi connectivity index (χ4n) is 1.95. The Balaban J connectivity index is 1.68. The van der Waals surface area contributed by atoms with Crippen LogP contribution in [0, 0.1) is 0 Å². The minimum Gasteiger partial charge on any atom is -0.378 e. The molecule has 0 atom stereocenters. The zero-order chi connectivity index (χ0) is 13.5. The topological polar surface area (TPSA) is 63.2 Å². The summed E-state index contributed by atoms with van der Waals surface area (Å²) in [5.41, 5.74) is 0. The summed E-state index contributed by atoms with van der Waals surface area (Å²) in [4.78, 5) is 15.8. The highest BCUT2D eigenvalue weighted by Crippen LogP contribution is 2.18. The third kappa shape index (κ3) is 4.89. The first-order valence-corrected chi connectivity index (χ1v) is 7.27. The summed E-state index contributed by atoms with van der Waals surface area (Å²) in [7, 11) is 0. The standard InChI is InChI=1S/C13H18BrN3O2/c14-11-2-1-6-16-13(11)17-12(18)5-9-19-10-3-7-15-8-4-10/h1-2,6,10,15H,3-5,7-9H2,(H,16,17,18). The number of halogens is 1. The molecular formula is C13H18BrN3O2. The minimum absolute atomic E-state index is 0.0756. The van der Waals surface area contributed by atoms with Crippen LogP contribution in [-0.4, -0.2) is 36.7 Å². The van der Waals surface area contributed by atoms with E-state index < -0.39 is 0 Å². The van der Waals surface area contributed by atoms with Gasteiger partial charge in [0.15, 0.2) is 0 Å². The normalized spacial score (nSPS) is 16.3. The van der Waals surface area contributed by atoms with Gasteiger partial charge >= 0.3 is 0 Å². The van der Waals surface area contributed by atoms with E-state index in [1.807, 2.05) is 6.07 Å². The molecule has 1 aromatic rings. The Morgan fingerprint density at radius 3 is 3.05 bits per heavy atom. The molecule has 2 heterocycles. The molecule has 2 N–H and O–H groups in total. The third-order valence-corrected chi connectivity index (χ3v) is 3.63. The second kappa shape index (κ2) is 7.57. The summed E-state index contributed by atoms with van der Waals surface area (Å²) >= 11 is 3.34. The molecule has 0 bridgehead atoms. The fraction of sp³-hybridized carbons (Fsp3) is 0.538. The summed E-state index contributed by atoms with van der Waals surface area (Å²) in [6.07, 6.45) is 4.33. The van der Waals surface area contributed by atoms with Crippen LogP contribution in [0.1, 0.15) is 19.3 Å². The lowest BCUT2D eigenvalue weighted by Crippen LogP contribution is -2.33. The van der Waals surface area contributed by atoms with Crippen molar-refractivity contribution in [1.82, 2.24) is 10.3 Å². The molecule has 0 radical (unpaired) electrons. The summed E-state index contributed by atoms with van der Waals surface area (Å²) in [5, 5.41) is 6.04.